The number of nitrogen functional groups attached to an aromatic ring is 1. The van der Waals surface area contributed by atoms with Gasteiger partial charge >= 0.3 is 0 Å². The molecule has 2 heteroatoms. The first-order chi connectivity index (χ1) is 6.89. The lowest BCUT2D eigenvalue weighted by atomic mass is 9.82. The molecular weight excluding hydrogens is 184 g/mol. The topological polar surface area (TPSA) is 38.0 Å². The number of hydrogen-bond acceptors (Lipinski definition) is 2. The van der Waals surface area contributed by atoms with E-state index in [9.17, 15) is 0 Å². The van der Waals surface area contributed by atoms with Crippen molar-refractivity contribution < 1.29 is 0 Å². The molecule has 0 radical (unpaired) electrons. The molecule has 84 valence electrons. The fourth-order valence-corrected chi connectivity index (χ4v) is 1.18. The Bertz CT molecular complexity index is 295. The van der Waals surface area contributed by atoms with Gasteiger partial charge in [-0.2, -0.15) is 0 Å². The van der Waals surface area contributed by atoms with Crippen molar-refractivity contribution >= 4 is 11.4 Å². The lowest BCUT2D eigenvalue weighted by Crippen LogP contribution is -2.24. The van der Waals surface area contributed by atoms with Crippen LogP contribution in [-0.2, 0) is 0 Å². The Morgan fingerprint density at radius 3 is 2.20 bits per heavy atom. The van der Waals surface area contributed by atoms with Gasteiger partial charge in [0, 0.05) is 17.9 Å². The van der Waals surface area contributed by atoms with Gasteiger partial charge < -0.3 is 11.1 Å². The van der Waals surface area contributed by atoms with Gasteiger partial charge in [-0.05, 0) is 35.6 Å². The third-order valence-corrected chi connectivity index (χ3v) is 3.00. The van der Waals surface area contributed by atoms with Gasteiger partial charge in [0.2, 0.25) is 0 Å². The standard InChI is InChI=1S/C13H22N2/c1-10(13(2,3)4)9-15-12-7-5-11(14)6-8-12/h5-8,10,15H,9,14H2,1-4H3. The molecule has 0 spiro atoms. The first kappa shape index (κ1) is 11.9. The number of hydrogen-bond donors (Lipinski definition) is 2. The van der Waals surface area contributed by atoms with E-state index in [1.807, 2.05) is 24.3 Å². The lowest BCUT2D eigenvalue weighted by molar-refractivity contribution is 0.274. The van der Waals surface area contributed by atoms with Crippen LogP contribution in [0.15, 0.2) is 24.3 Å². The number of benzene rings is 1. The maximum Gasteiger partial charge on any atom is 0.0341 e. The normalized spacial score (nSPS) is 13.6. The summed E-state index contributed by atoms with van der Waals surface area (Å²) in [4.78, 5) is 0. The molecule has 2 nitrogen and oxygen atoms in total. The monoisotopic (exact) mass is 206 g/mol. The van der Waals surface area contributed by atoms with Crippen molar-refractivity contribution in [2.75, 3.05) is 17.6 Å². The third-order valence-electron chi connectivity index (χ3n) is 3.00. The van der Waals surface area contributed by atoms with E-state index in [1.54, 1.807) is 0 Å². The van der Waals surface area contributed by atoms with Gasteiger partial charge in [0.1, 0.15) is 0 Å². The molecule has 3 N–H and O–H groups in total. The summed E-state index contributed by atoms with van der Waals surface area (Å²) in [5, 5.41) is 3.42. The predicted molar refractivity (Wildman–Crippen MR) is 68.0 cm³/mol. The summed E-state index contributed by atoms with van der Waals surface area (Å²) in [5.41, 5.74) is 7.92. The first-order valence-electron chi connectivity index (χ1n) is 5.49. The molecule has 0 fully saturated rings. The van der Waals surface area contributed by atoms with Gasteiger partial charge in [0.25, 0.3) is 0 Å². The minimum atomic E-state index is 0.348. The summed E-state index contributed by atoms with van der Waals surface area (Å²) >= 11 is 0. The average Bonchev–Trinajstić information content (AvgIpc) is 2.15. The van der Waals surface area contributed by atoms with Crippen molar-refractivity contribution in [1.29, 1.82) is 0 Å². The molecule has 0 bridgehead atoms. The summed E-state index contributed by atoms with van der Waals surface area (Å²) in [7, 11) is 0. The van der Waals surface area contributed by atoms with Crippen LogP contribution in [-0.4, -0.2) is 6.54 Å². The van der Waals surface area contributed by atoms with E-state index in [0.29, 0.717) is 11.3 Å². The molecule has 1 aromatic carbocycles. The highest BCUT2D eigenvalue weighted by Crippen LogP contribution is 2.25. The Balaban J connectivity index is 2.47. The fourth-order valence-electron chi connectivity index (χ4n) is 1.18. The van der Waals surface area contributed by atoms with Crippen LogP contribution in [0.1, 0.15) is 27.7 Å². The van der Waals surface area contributed by atoms with Crippen LogP contribution in [0.5, 0.6) is 0 Å². The summed E-state index contributed by atoms with van der Waals surface area (Å²) in [6.07, 6.45) is 0. The zero-order valence-corrected chi connectivity index (χ0v) is 10.2. The van der Waals surface area contributed by atoms with Crippen LogP contribution in [0.3, 0.4) is 0 Å². The molecule has 0 aliphatic carbocycles. The van der Waals surface area contributed by atoms with Gasteiger partial charge in [-0.25, -0.2) is 0 Å². The molecule has 0 amide bonds. The van der Waals surface area contributed by atoms with Crippen LogP contribution >= 0.6 is 0 Å². The molecular formula is C13H22N2. The second kappa shape index (κ2) is 4.56. The maximum atomic E-state index is 5.62. The summed E-state index contributed by atoms with van der Waals surface area (Å²) in [5.74, 6) is 0.634. The molecule has 1 atom stereocenters. The van der Waals surface area contributed by atoms with Crippen LogP contribution in [0, 0.1) is 11.3 Å². The molecule has 1 rings (SSSR count). The highest BCUT2D eigenvalue weighted by atomic mass is 14.9. The van der Waals surface area contributed by atoms with E-state index >= 15 is 0 Å². The lowest BCUT2D eigenvalue weighted by Gasteiger charge is -2.27. The van der Waals surface area contributed by atoms with E-state index < -0.39 is 0 Å². The van der Waals surface area contributed by atoms with E-state index in [0.717, 1.165) is 17.9 Å². The molecule has 0 aliphatic rings. The van der Waals surface area contributed by atoms with Crippen molar-refractivity contribution in [2.24, 2.45) is 11.3 Å². The Kier molecular flexibility index (Phi) is 3.61. The Labute approximate surface area is 92.9 Å². The highest BCUT2D eigenvalue weighted by molar-refractivity contribution is 5.51. The average molecular weight is 206 g/mol. The molecule has 0 saturated heterocycles. The maximum absolute atomic E-state index is 5.62. The van der Waals surface area contributed by atoms with Crippen molar-refractivity contribution in [2.45, 2.75) is 27.7 Å². The second-order valence-electron chi connectivity index (χ2n) is 5.27. The molecule has 1 unspecified atom stereocenters. The smallest absolute Gasteiger partial charge is 0.0341 e. The summed E-state index contributed by atoms with van der Waals surface area (Å²) in [6.45, 7) is 10.1. The minimum Gasteiger partial charge on any atom is -0.399 e. The molecule has 0 aromatic heterocycles. The van der Waals surface area contributed by atoms with E-state index in [2.05, 4.69) is 33.0 Å². The van der Waals surface area contributed by atoms with Gasteiger partial charge in [0.15, 0.2) is 0 Å². The predicted octanol–water partition coefficient (Wildman–Crippen LogP) is 3.36. The van der Waals surface area contributed by atoms with Gasteiger partial charge in [-0.3, -0.25) is 0 Å². The van der Waals surface area contributed by atoms with Gasteiger partial charge in [0.05, 0.1) is 0 Å². The van der Waals surface area contributed by atoms with E-state index in [-0.39, 0.29) is 0 Å². The zero-order chi connectivity index (χ0) is 11.5. The largest absolute Gasteiger partial charge is 0.399 e. The number of rotatable bonds is 3. The molecule has 1 aromatic rings. The van der Waals surface area contributed by atoms with Crippen LogP contribution < -0.4 is 11.1 Å². The van der Waals surface area contributed by atoms with Crippen molar-refractivity contribution in [3.63, 3.8) is 0 Å². The van der Waals surface area contributed by atoms with Crippen LogP contribution in [0.25, 0.3) is 0 Å². The van der Waals surface area contributed by atoms with Crippen LogP contribution in [0.4, 0.5) is 11.4 Å². The number of anilines is 2. The zero-order valence-electron chi connectivity index (χ0n) is 10.2. The highest BCUT2D eigenvalue weighted by Gasteiger charge is 2.19. The summed E-state index contributed by atoms with van der Waals surface area (Å²) in [6, 6.07) is 7.88. The SMILES string of the molecule is CC(CNc1ccc(N)cc1)C(C)(C)C. The fraction of sp³-hybridized carbons (Fsp3) is 0.538. The molecule has 0 saturated carbocycles. The van der Waals surface area contributed by atoms with E-state index in [4.69, 9.17) is 5.73 Å². The van der Waals surface area contributed by atoms with Gasteiger partial charge in [-0.15, -0.1) is 0 Å². The third kappa shape index (κ3) is 3.82. The van der Waals surface area contributed by atoms with E-state index in [1.165, 1.54) is 0 Å². The molecule has 0 aliphatic heterocycles. The Morgan fingerprint density at radius 1 is 1.20 bits per heavy atom. The summed E-state index contributed by atoms with van der Waals surface area (Å²) < 4.78 is 0. The second-order valence-corrected chi connectivity index (χ2v) is 5.27. The molecule has 15 heavy (non-hydrogen) atoms. The van der Waals surface area contributed by atoms with Crippen LogP contribution in [0.2, 0.25) is 0 Å². The minimum absolute atomic E-state index is 0.348. The number of nitrogens with one attached hydrogen (secondary N) is 1. The van der Waals surface area contributed by atoms with Crippen molar-refractivity contribution in [1.82, 2.24) is 0 Å². The quantitative estimate of drug-likeness (QED) is 0.744. The molecule has 0 heterocycles. The van der Waals surface area contributed by atoms with Gasteiger partial charge in [-0.1, -0.05) is 27.7 Å². The van der Waals surface area contributed by atoms with Crippen molar-refractivity contribution in [3.8, 4) is 0 Å². The Morgan fingerprint density at radius 2 is 1.73 bits per heavy atom. The Hall–Kier alpha value is -1.18. The van der Waals surface area contributed by atoms with Crippen molar-refractivity contribution in [3.05, 3.63) is 24.3 Å². The number of nitrogens with two attached hydrogens (primary N) is 1. The first-order valence-corrected chi connectivity index (χ1v) is 5.49.